The number of nitrogens with zero attached hydrogens (tertiary/aromatic N) is 1. The Kier molecular flexibility index (Phi) is 4.56. The fraction of sp³-hybridized carbons (Fsp3) is 0.625. The predicted octanol–water partition coefficient (Wildman–Crippen LogP) is 2.99. The van der Waals surface area contributed by atoms with Crippen molar-refractivity contribution in [1.82, 2.24) is 4.90 Å². The lowest BCUT2D eigenvalue weighted by molar-refractivity contribution is -0.111. The minimum Gasteiger partial charge on any atom is -0.373 e. The van der Waals surface area contributed by atoms with Crippen LogP contribution in [0.4, 0.5) is 0 Å². The third-order valence-corrected chi connectivity index (χ3v) is 5.40. The van der Waals surface area contributed by atoms with Crippen molar-refractivity contribution in [1.29, 1.82) is 0 Å². The molecule has 2 fully saturated rings. The van der Waals surface area contributed by atoms with Crippen LogP contribution in [-0.4, -0.2) is 42.9 Å². The van der Waals surface area contributed by atoms with Crippen molar-refractivity contribution in [3.63, 3.8) is 0 Å². The van der Waals surface area contributed by atoms with Crippen LogP contribution in [0.3, 0.4) is 0 Å². The molecular formula is C16H23NO2S. The van der Waals surface area contributed by atoms with Gasteiger partial charge in [-0.15, -0.1) is 17.9 Å². The van der Waals surface area contributed by atoms with E-state index in [-0.39, 0.29) is 12.2 Å². The largest absolute Gasteiger partial charge is 0.373 e. The maximum Gasteiger partial charge on any atom is 0.0992 e. The fourth-order valence-electron chi connectivity index (χ4n) is 3.31. The number of hydrogen-bond acceptors (Lipinski definition) is 4. The van der Waals surface area contributed by atoms with Crippen LogP contribution >= 0.6 is 11.3 Å². The maximum absolute atomic E-state index is 5.99. The zero-order valence-electron chi connectivity index (χ0n) is 12.1. The van der Waals surface area contributed by atoms with Gasteiger partial charge in [-0.2, -0.15) is 0 Å². The highest BCUT2D eigenvalue weighted by atomic mass is 32.1. The average molecular weight is 293 g/mol. The van der Waals surface area contributed by atoms with Gasteiger partial charge in [0.25, 0.3) is 0 Å². The van der Waals surface area contributed by atoms with Gasteiger partial charge in [0.05, 0.1) is 25.4 Å². The van der Waals surface area contributed by atoms with Crippen molar-refractivity contribution in [2.24, 2.45) is 0 Å². The standard InChI is InChI=1S/C16H23NO2S/c1-3-8-18-14-5-4-13-16(14)19-9-7-17(13)11-15-12(2)6-10-20-15/h3,6,10,13-14,16H,1,4-5,7-9,11H2,2H3/t13-,14-,16-/m0/s1. The summed E-state index contributed by atoms with van der Waals surface area (Å²) in [6, 6.07) is 2.72. The van der Waals surface area contributed by atoms with Crippen molar-refractivity contribution in [2.45, 2.75) is 44.6 Å². The molecule has 0 N–H and O–H groups in total. The van der Waals surface area contributed by atoms with E-state index < -0.39 is 0 Å². The zero-order chi connectivity index (χ0) is 13.9. The second-order valence-corrected chi connectivity index (χ2v) is 6.64. The Labute approximate surface area is 125 Å². The van der Waals surface area contributed by atoms with Crippen molar-refractivity contribution >= 4 is 11.3 Å². The van der Waals surface area contributed by atoms with Gasteiger partial charge in [0, 0.05) is 24.0 Å². The molecule has 3 rings (SSSR count). The van der Waals surface area contributed by atoms with E-state index in [1.165, 1.54) is 16.9 Å². The molecule has 0 aromatic carbocycles. The van der Waals surface area contributed by atoms with Gasteiger partial charge in [0.15, 0.2) is 0 Å². The van der Waals surface area contributed by atoms with Crippen LogP contribution in [0.15, 0.2) is 24.1 Å². The summed E-state index contributed by atoms with van der Waals surface area (Å²) in [6.07, 6.45) is 4.58. The number of morpholine rings is 1. The van der Waals surface area contributed by atoms with Crippen LogP contribution in [-0.2, 0) is 16.0 Å². The molecule has 1 aromatic rings. The maximum atomic E-state index is 5.99. The van der Waals surface area contributed by atoms with Crippen LogP contribution in [0.1, 0.15) is 23.3 Å². The number of ether oxygens (including phenoxy) is 2. The van der Waals surface area contributed by atoms with E-state index in [2.05, 4.69) is 29.8 Å². The molecule has 1 saturated carbocycles. The molecule has 0 bridgehead atoms. The molecule has 0 radical (unpaired) electrons. The molecule has 110 valence electrons. The van der Waals surface area contributed by atoms with E-state index in [0.717, 1.165) is 26.1 Å². The van der Waals surface area contributed by atoms with Gasteiger partial charge in [0.1, 0.15) is 0 Å². The number of rotatable bonds is 5. The smallest absolute Gasteiger partial charge is 0.0992 e. The number of aryl methyl sites for hydroxylation is 1. The van der Waals surface area contributed by atoms with E-state index in [0.29, 0.717) is 12.6 Å². The molecular weight excluding hydrogens is 270 g/mol. The Balaban J connectivity index is 1.65. The van der Waals surface area contributed by atoms with E-state index in [4.69, 9.17) is 9.47 Å². The summed E-state index contributed by atoms with van der Waals surface area (Å²) in [5.41, 5.74) is 1.41. The SMILES string of the molecule is C=CCO[C@H]1CC[C@H]2[C@@H]1OCCN2Cc1sccc1C. The molecule has 20 heavy (non-hydrogen) atoms. The molecule has 1 aliphatic carbocycles. The van der Waals surface area contributed by atoms with Gasteiger partial charge < -0.3 is 9.47 Å². The first kappa shape index (κ1) is 14.3. The summed E-state index contributed by atoms with van der Waals surface area (Å²) in [5, 5.41) is 2.19. The van der Waals surface area contributed by atoms with Crippen molar-refractivity contribution in [2.75, 3.05) is 19.8 Å². The summed E-state index contributed by atoms with van der Waals surface area (Å²) in [6.45, 7) is 9.47. The lowest BCUT2D eigenvalue weighted by atomic mass is 10.1. The highest BCUT2D eigenvalue weighted by Gasteiger charge is 2.43. The van der Waals surface area contributed by atoms with Gasteiger partial charge in [0.2, 0.25) is 0 Å². The topological polar surface area (TPSA) is 21.7 Å². The predicted molar refractivity (Wildman–Crippen MR) is 82.2 cm³/mol. The van der Waals surface area contributed by atoms with Gasteiger partial charge in [-0.1, -0.05) is 6.08 Å². The van der Waals surface area contributed by atoms with Crippen LogP contribution in [0.25, 0.3) is 0 Å². The molecule has 2 heterocycles. The van der Waals surface area contributed by atoms with Crippen LogP contribution in [0, 0.1) is 6.92 Å². The van der Waals surface area contributed by atoms with E-state index in [1.54, 1.807) is 0 Å². The summed E-state index contributed by atoms with van der Waals surface area (Å²) in [5.74, 6) is 0. The normalized spacial score (nSPS) is 30.4. The third-order valence-electron chi connectivity index (χ3n) is 4.39. The lowest BCUT2D eigenvalue weighted by Crippen LogP contribution is -2.51. The van der Waals surface area contributed by atoms with Gasteiger partial charge in [-0.05, 0) is 36.8 Å². The Hall–Kier alpha value is -0.680. The summed E-state index contributed by atoms with van der Waals surface area (Å²) >= 11 is 1.87. The number of thiophene rings is 1. The molecule has 0 amide bonds. The number of fused-ring (bicyclic) bond motifs is 1. The monoisotopic (exact) mass is 293 g/mol. The molecule has 0 unspecified atom stereocenters. The van der Waals surface area contributed by atoms with Crippen molar-refractivity contribution in [3.8, 4) is 0 Å². The van der Waals surface area contributed by atoms with Gasteiger partial charge in [-0.25, -0.2) is 0 Å². The second-order valence-electron chi connectivity index (χ2n) is 5.64. The minimum absolute atomic E-state index is 0.240. The molecule has 4 heteroatoms. The second kappa shape index (κ2) is 6.39. The summed E-state index contributed by atoms with van der Waals surface area (Å²) in [4.78, 5) is 4.07. The molecule has 1 aromatic heterocycles. The number of hydrogen-bond donors (Lipinski definition) is 0. The molecule has 3 nitrogen and oxygen atoms in total. The van der Waals surface area contributed by atoms with Crippen molar-refractivity contribution in [3.05, 3.63) is 34.5 Å². The Morgan fingerprint density at radius 2 is 2.45 bits per heavy atom. The van der Waals surface area contributed by atoms with E-state index in [9.17, 15) is 0 Å². The van der Waals surface area contributed by atoms with Gasteiger partial charge in [-0.3, -0.25) is 4.90 Å². The quantitative estimate of drug-likeness (QED) is 0.779. The molecule has 0 spiro atoms. The Morgan fingerprint density at radius 3 is 3.20 bits per heavy atom. The Bertz CT molecular complexity index is 459. The van der Waals surface area contributed by atoms with Gasteiger partial charge >= 0.3 is 0 Å². The van der Waals surface area contributed by atoms with Crippen LogP contribution in [0.5, 0.6) is 0 Å². The van der Waals surface area contributed by atoms with Crippen LogP contribution in [0.2, 0.25) is 0 Å². The van der Waals surface area contributed by atoms with Crippen LogP contribution < -0.4 is 0 Å². The fourth-order valence-corrected chi connectivity index (χ4v) is 4.24. The first-order valence-electron chi connectivity index (χ1n) is 7.40. The molecule has 1 aliphatic heterocycles. The molecule has 2 aliphatic rings. The average Bonchev–Trinajstić information content (AvgIpc) is 3.04. The lowest BCUT2D eigenvalue weighted by Gasteiger charge is -2.39. The first-order chi connectivity index (χ1) is 9.79. The van der Waals surface area contributed by atoms with E-state index in [1.807, 2.05) is 17.4 Å². The van der Waals surface area contributed by atoms with E-state index >= 15 is 0 Å². The first-order valence-corrected chi connectivity index (χ1v) is 8.28. The highest BCUT2D eigenvalue weighted by Crippen LogP contribution is 2.33. The highest BCUT2D eigenvalue weighted by molar-refractivity contribution is 7.10. The molecule has 3 atom stereocenters. The summed E-state index contributed by atoms with van der Waals surface area (Å²) < 4.78 is 11.9. The molecule has 1 saturated heterocycles. The summed E-state index contributed by atoms with van der Waals surface area (Å²) in [7, 11) is 0. The Morgan fingerprint density at radius 1 is 1.55 bits per heavy atom. The zero-order valence-corrected chi connectivity index (χ0v) is 12.9. The van der Waals surface area contributed by atoms with Crippen molar-refractivity contribution < 1.29 is 9.47 Å². The third kappa shape index (κ3) is 2.84. The minimum atomic E-state index is 0.240.